The smallest absolute Gasteiger partial charge is 0.261 e. The number of hydrogen-bond donors (Lipinski definition) is 3. The molecule has 0 aliphatic rings. The van der Waals surface area contributed by atoms with Gasteiger partial charge in [-0.3, -0.25) is 4.72 Å². The van der Waals surface area contributed by atoms with Crippen LogP contribution in [0.2, 0.25) is 10.0 Å². The second-order valence-electron chi connectivity index (χ2n) is 6.44. The summed E-state index contributed by atoms with van der Waals surface area (Å²) in [6.07, 6.45) is 0. The summed E-state index contributed by atoms with van der Waals surface area (Å²) in [6, 6.07) is 15.9. The van der Waals surface area contributed by atoms with Crippen molar-refractivity contribution in [3.63, 3.8) is 0 Å². The van der Waals surface area contributed by atoms with Crippen molar-refractivity contribution in [3.8, 4) is 11.5 Å². The second-order valence-corrected chi connectivity index (χ2v) is 9.40. The molecular weight excluding hydrogens is 493 g/mol. The van der Waals surface area contributed by atoms with Crippen LogP contribution in [-0.4, -0.2) is 27.7 Å². The van der Waals surface area contributed by atoms with Crippen molar-refractivity contribution in [3.05, 3.63) is 70.7 Å². The highest BCUT2D eigenvalue weighted by Crippen LogP contribution is 2.30. The summed E-state index contributed by atoms with van der Waals surface area (Å²) in [5.41, 5.74) is 1.57. The maximum atomic E-state index is 12.6. The van der Waals surface area contributed by atoms with E-state index in [1.165, 1.54) is 30.3 Å². The van der Waals surface area contributed by atoms with Gasteiger partial charge in [-0.15, -0.1) is 0 Å². The minimum Gasteiger partial charge on any atom is -0.493 e. The van der Waals surface area contributed by atoms with Gasteiger partial charge in [0.1, 0.15) is 0 Å². The van der Waals surface area contributed by atoms with Gasteiger partial charge in [-0.1, -0.05) is 23.2 Å². The summed E-state index contributed by atoms with van der Waals surface area (Å²) >= 11 is 17.2. The Morgan fingerprint density at radius 1 is 0.781 bits per heavy atom. The predicted octanol–water partition coefficient (Wildman–Crippen LogP) is 5.62. The van der Waals surface area contributed by atoms with E-state index in [9.17, 15) is 8.42 Å². The summed E-state index contributed by atoms with van der Waals surface area (Å²) in [5.74, 6) is 1.16. The Bertz CT molecular complexity index is 1220. The zero-order chi connectivity index (χ0) is 23.3. The van der Waals surface area contributed by atoms with Gasteiger partial charge in [-0.2, -0.15) is 0 Å². The number of thiocarbonyl (C=S) groups is 1. The quantitative estimate of drug-likeness (QED) is 0.354. The van der Waals surface area contributed by atoms with Gasteiger partial charge in [-0.25, -0.2) is 8.42 Å². The van der Waals surface area contributed by atoms with E-state index in [0.29, 0.717) is 38.0 Å². The van der Waals surface area contributed by atoms with Crippen LogP contribution in [0.3, 0.4) is 0 Å². The van der Waals surface area contributed by atoms with Crippen LogP contribution in [0, 0.1) is 0 Å². The molecule has 7 nitrogen and oxygen atoms in total. The van der Waals surface area contributed by atoms with Crippen molar-refractivity contribution in [2.45, 2.75) is 4.90 Å². The van der Waals surface area contributed by atoms with Gasteiger partial charge in [0, 0.05) is 27.5 Å². The highest BCUT2D eigenvalue weighted by atomic mass is 35.5. The maximum Gasteiger partial charge on any atom is 0.261 e. The molecule has 3 aromatic rings. The van der Waals surface area contributed by atoms with Crippen molar-refractivity contribution in [1.29, 1.82) is 0 Å². The normalized spacial score (nSPS) is 10.9. The molecule has 0 amide bonds. The van der Waals surface area contributed by atoms with Crippen molar-refractivity contribution >= 4 is 67.6 Å². The van der Waals surface area contributed by atoms with Gasteiger partial charge in [0.15, 0.2) is 16.6 Å². The molecule has 0 bridgehead atoms. The molecule has 0 saturated carbocycles. The minimum absolute atomic E-state index is 0.0675. The number of rotatable bonds is 7. The average Bonchev–Trinajstić information content (AvgIpc) is 2.72. The fourth-order valence-electron chi connectivity index (χ4n) is 2.75. The third kappa shape index (κ3) is 6.17. The van der Waals surface area contributed by atoms with Crippen LogP contribution in [-0.2, 0) is 10.0 Å². The fraction of sp³-hybridized carbons (Fsp3) is 0.0952. The number of nitrogens with one attached hydrogen (secondary N) is 3. The third-order valence-electron chi connectivity index (χ3n) is 4.18. The highest BCUT2D eigenvalue weighted by Gasteiger charge is 2.15. The van der Waals surface area contributed by atoms with E-state index in [1.54, 1.807) is 44.6 Å². The lowest BCUT2D eigenvalue weighted by Gasteiger charge is -2.14. The van der Waals surface area contributed by atoms with Crippen LogP contribution in [0.15, 0.2) is 65.6 Å². The number of halogens is 2. The van der Waals surface area contributed by atoms with Crippen molar-refractivity contribution in [2.75, 3.05) is 29.6 Å². The summed E-state index contributed by atoms with van der Waals surface area (Å²) < 4.78 is 38.2. The van der Waals surface area contributed by atoms with Crippen molar-refractivity contribution in [2.24, 2.45) is 0 Å². The maximum absolute atomic E-state index is 12.6. The average molecular weight is 512 g/mol. The number of sulfonamides is 1. The molecular formula is C21H19Cl2N3O4S2. The summed E-state index contributed by atoms with van der Waals surface area (Å²) in [7, 11) is -0.723. The first-order valence-corrected chi connectivity index (χ1v) is 11.7. The molecule has 0 aliphatic carbocycles. The van der Waals surface area contributed by atoms with Crippen LogP contribution in [0.4, 0.5) is 17.1 Å². The SMILES string of the molecule is COc1ccc(NC(=S)Nc2ccc(S(=O)(=O)Nc3cc(Cl)cc(Cl)c3)cc2)cc1OC. The van der Waals surface area contributed by atoms with E-state index in [1.807, 2.05) is 0 Å². The lowest BCUT2D eigenvalue weighted by atomic mass is 10.2. The van der Waals surface area contributed by atoms with Crippen LogP contribution >= 0.6 is 35.4 Å². The number of anilines is 3. The van der Waals surface area contributed by atoms with Gasteiger partial charge < -0.3 is 20.1 Å². The molecule has 0 radical (unpaired) electrons. The van der Waals surface area contributed by atoms with Crippen molar-refractivity contribution < 1.29 is 17.9 Å². The summed E-state index contributed by atoms with van der Waals surface area (Å²) in [4.78, 5) is 0.0675. The fourth-order valence-corrected chi connectivity index (χ4v) is 4.55. The van der Waals surface area contributed by atoms with Crippen LogP contribution in [0.25, 0.3) is 0 Å². The Hall–Kier alpha value is -2.72. The zero-order valence-corrected chi connectivity index (χ0v) is 20.1. The van der Waals surface area contributed by atoms with Crippen LogP contribution < -0.4 is 24.8 Å². The molecule has 0 aliphatic heterocycles. The van der Waals surface area contributed by atoms with Crippen LogP contribution in [0.5, 0.6) is 11.5 Å². The molecule has 0 atom stereocenters. The third-order valence-corrected chi connectivity index (χ3v) is 6.22. The molecule has 0 saturated heterocycles. The first-order valence-electron chi connectivity index (χ1n) is 9.09. The monoisotopic (exact) mass is 511 g/mol. The Kier molecular flexibility index (Phi) is 7.68. The molecule has 3 N–H and O–H groups in total. The summed E-state index contributed by atoms with van der Waals surface area (Å²) in [5, 5.41) is 7.00. The zero-order valence-electron chi connectivity index (χ0n) is 17.0. The molecule has 3 rings (SSSR count). The van der Waals surface area contributed by atoms with E-state index < -0.39 is 10.0 Å². The van der Waals surface area contributed by atoms with E-state index in [0.717, 1.165) is 0 Å². The minimum atomic E-state index is -3.82. The van der Waals surface area contributed by atoms with Gasteiger partial charge in [0.05, 0.1) is 24.8 Å². The topological polar surface area (TPSA) is 88.7 Å². The predicted molar refractivity (Wildman–Crippen MR) is 133 cm³/mol. The first-order chi connectivity index (χ1) is 15.2. The number of methoxy groups -OCH3 is 2. The Balaban J connectivity index is 1.66. The molecule has 3 aromatic carbocycles. The molecule has 168 valence electrons. The van der Waals surface area contributed by atoms with Gasteiger partial charge in [0.25, 0.3) is 10.0 Å². The van der Waals surface area contributed by atoms with Gasteiger partial charge in [-0.05, 0) is 66.8 Å². The second kappa shape index (κ2) is 10.3. The largest absolute Gasteiger partial charge is 0.493 e. The highest BCUT2D eigenvalue weighted by molar-refractivity contribution is 7.92. The molecule has 11 heteroatoms. The molecule has 0 fully saturated rings. The van der Waals surface area contributed by atoms with E-state index in [-0.39, 0.29) is 10.6 Å². The van der Waals surface area contributed by atoms with Gasteiger partial charge in [0.2, 0.25) is 0 Å². The van der Waals surface area contributed by atoms with Crippen LogP contribution in [0.1, 0.15) is 0 Å². The van der Waals surface area contributed by atoms with E-state index in [4.69, 9.17) is 44.9 Å². The molecule has 32 heavy (non-hydrogen) atoms. The Labute approximate surface area is 201 Å². The number of hydrogen-bond acceptors (Lipinski definition) is 5. The number of ether oxygens (including phenoxy) is 2. The molecule has 0 aromatic heterocycles. The number of benzene rings is 3. The Morgan fingerprint density at radius 3 is 1.94 bits per heavy atom. The summed E-state index contributed by atoms with van der Waals surface area (Å²) in [6.45, 7) is 0. The van der Waals surface area contributed by atoms with E-state index in [2.05, 4.69) is 15.4 Å². The lowest BCUT2D eigenvalue weighted by Crippen LogP contribution is -2.19. The Morgan fingerprint density at radius 2 is 1.34 bits per heavy atom. The van der Waals surface area contributed by atoms with Gasteiger partial charge >= 0.3 is 0 Å². The molecule has 0 heterocycles. The lowest BCUT2D eigenvalue weighted by molar-refractivity contribution is 0.355. The standard InChI is InChI=1S/C21H19Cl2N3O4S2/c1-29-19-8-5-16(12-20(19)30-2)25-21(31)24-15-3-6-18(7-4-15)32(27,28)26-17-10-13(22)9-14(23)11-17/h3-12,26H,1-2H3,(H2,24,25,31). The first kappa shape index (κ1) is 23.9. The van der Waals surface area contributed by atoms with Crippen molar-refractivity contribution in [1.82, 2.24) is 0 Å². The van der Waals surface area contributed by atoms with E-state index >= 15 is 0 Å². The molecule has 0 spiro atoms. The molecule has 0 unspecified atom stereocenters.